The largest absolute Gasteiger partial charge is 0.338 e. The number of rotatable bonds is 2. The number of halogens is 1. The van der Waals surface area contributed by atoms with Crippen LogP contribution >= 0.6 is 0 Å². The molecule has 0 N–H and O–H groups in total. The van der Waals surface area contributed by atoms with Gasteiger partial charge in [-0.25, -0.2) is 4.39 Å². The molecular formula is C24H24FN3O. The number of amides is 1. The van der Waals surface area contributed by atoms with Gasteiger partial charge in [-0.05, 0) is 55.5 Å². The Morgan fingerprint density at radius 2 is 1.90 bits per heavy atom. The molecular weight excluding hydrogens is 365 g/mol. The van der Waals surface area contributed by atoms with Gasteiger partial charge in [0.15, 0.2) is 0 Å². The van der Waals surface area contributed by atoms with Crippen LogP contribution in [0.5, 0.6) is 0 Å². The minimum absolute atomic E-state index is 0.0233. The highest BCUT2D eigenvalue weighted by Crippen LogP contribution is 2.39. The molecule has 5 rings (SSSR count). The molecule has 5 heteroatoms. The highest BCUT2D eigenvalue weighted by atomic mass is 19.1. The van der Waals surface area contributed by atoms with Crippen LogP contribution in [0.2, 0.25) is 0 Å². The Balaban J connectivity index is 1.44. The Kier molecular flexibility index (Phi) is 4.46. The second-order valence-corrected chi connectivity index (χ2v) is 8.09. The van der Waals surface area contributed by atoms with Gasteiger partial charge < -0.3 is 4.90 Å². The van der Waals surface area contributed by atoms with E-state index in [0.717, 1.165) is 37.9 Å². The van der Waals surface area contributed by atoms with E-state index in [1.165, 1.54) is 34.5 Å². The Morgan fingerprint density at radius 3 is 2.72 bits per heavy atom. The summed E-state index contributed by atoms with van der Waals surface area (Å²) in [5.74, 6) is -0.100. The van der Waals surface area contributed by atoms with Crippen LogP contribution in [0, 0.1) is 5.82 Å². The van der Waals surface area contributed by atoms with Crippen LogP contribution in [0.3, 0.4) is 0 Å². The van der Waals surface area contributed by atoms with Gasteiger partial charge in [0.2, 0.25) is 0 Å². The molecule has 1 atom stereocenters. The van der Waals surface area contributed by atoms with Crippen molar-refractivity contribution in [2.24, 2.45) is 7.05 Å². The van der Waals surface area contributed by atoms with E-state index in [-0.39, 0.29) is 17.6 Å². The standard InChI is InChI=1S/C24H24FN3O/c1-27-23-20-7-3-2-5-16(20)10-13-21(23)22(26-27)18-6-4-14-28(15-18)24(29)17-8-11-19(25)12-9-17/h2-3,5,7-9,11-12,18H,4,6,10,13-15H2,1H3. The average molecular weight is 389 g/mol. The summed E-state index contributed by atoms with van der Waals surface area (Å²) < 4.78 is 15.2. The third-order valence-corrected chi connectivity index (χ3v) is 6.28. The lowest BCUT2D eigenvalue weighted by Gasteiger charge is -2.33. The predicted molar refractivity (Wildman–Crippen MR) is 110 cm³/mol. The number of hydrogen-bond acceptors (Lipinski definition) is 2. The first-order valence-corrected chi connectivity index (χ1v) is 10.3. The van der Waals surface area contributed by atoms with Gasteiger partial charge in [-0.1, -0.05) is 24.3 Å². The van der Waals surface area contributed by atoms with E-state index in [2.05, 4.69) is 24.3 Å². The van der Waals surface area contributed by atoms with Crippen molar-refractivity contribution >= 4 is 5.91 Å². The molecule has 148 valence electrons. The summed E-state index contributed by atoms with van der Waals surface area (Å²) in [6, 6.07) is 14.4. The van der Waals surface area contributed by atoms with Crippen molar-refractivity contribution in [3.8, 4) is 11.3 Å². The molecule has 0 saturated carbocycles. The lowest BCUT2D eigenvalue weighted by atomic mass is 9.84. The van der Waals surface area contributed by atoms with Crippen molar-refractivity contribution in [1.29, 1.82) is 0 Å². The van der Waals surface area contributed by atoms with E-state index in [0.29, 0.717) is 12.1 Å². The summed E-state index contributed by atoms with van der Waals surface area (Å²) >= 11 is 0. The van der Waals surface area contributed by atoms with Crippen LogP contribution < -0.4 is 0 Å². The quantitative estimate of drug-likeness (QED) is 0.654. The predicted octanol–water partition coefficient (Wildman–Crippen LogP) is 4.34. The van der Waals surface area contributed by atoms with Crippen molar-refractivity contribution in [3.63, 3.8) is 0 Å². The van der Waals surface area contributed by atoms with Gasteiger partial charge in [-0.3, -0.25) is 9.48 Å². The van der Waals surface area contributed by atoms with Crippen molar-refractivity contribution < 1.29 is 9.18 Å². The lowest BCUT2D eigenvalue weighted by molar-refractivity contribution is 0.0705. The fourth-order valence-corrected chi connectivity index (χ4v) is 4.89. The van der Waals surface area contributed by atoms with Crippen molar-refractivity contribution in [3.05, 3.63) is 76.7 Å². The number of carbonyl (C=O) groups excluding carboxylic acids is 1. The third kappa shape index (κ3) is 3.15. The van der Waals surface area contributed by atoms with Crippen LogP contribution in [0.15, 0.2) is 48.5 Å². The number of benzene rings is 2. The molecule has 1 saturated heterocycles. The minimum atomic E-state index is -0.321. The van der Waals surface area contributed by atoms with Crippen LogP contribution in [0.1, 0.15) is 45.9 Å². The normalized spacial score (nSPS) is 18.3. The molecule has 1 aromatic heterocycles. The topological polar surface area (TPSA) is 38.1 Å². The zero-order valence-electron chi connectivity index (χ0n) is 16.6. The molecule has 4 nitrogen and oxygen atoms in total. The summed E-state index contributed by atoms with van der Waals surface area (Å²) in [6.45, 7) is 1.41. The fraction of sp³-hybridized carbons (Fsp3) is 0.333. The SMILES string of the molecule is Cn1nc(C2CCCN(C(=O)c3ccc(F)cc3)C2)c2c1-c1ccccc1CC2. The summed E-state index contributed by atoms with van der Waals surface area (Å²) in [7, 11) is 2.02. The number of carbonyl (C=O) groups is 1. The zero-order chi connectivity index (χ0) is 20.0. The van der Waals surface area contributed by atoms with E-state index in [1.54, 1.807) is 12.1 Å². The van der Waals surface area contributed by atoms with Gasteiger partial charge >= 0.3 is 0 Å². The molecule has 0 spiro atoms. The van der Waals surface area contributed by atoms with Gasteiger partial charge in [-0.15, -0.1) is 0 Å². The van der Waals surface area contributed by atoms with Gasteiger partial charge in [-0.2, -0.15) is 5.10 Å². The first-order valence-electron chi connectivity index (χ1n) is 10.3. The Labute approximate surface area is 170 Å². The average Bonchev–Trinajstić information content (AvgIpc) is 3.11. The number of aryl methyl sites for hydroxylation is 2. The number of fused-ring (bicyclic) bond motifs is 3. The summed E-state index contributed by atoms with van der Waals surface area (Å²) in [6.07, 6.45) is 4.03. The van der Waals surface area contributed by atoms with Gasteiger partial charge in [0.1, 0.15) is 5.82 Å². The van der Waals surface area contributed by atoms with E-state index < -0.39 is 0 Å². The molecule has 1 amide bonds. The molecule has 29 heavy (non-hydrogen) atoms. The van der Waals surface area contributed by atoms with E-state index in [4.69, 9.17) is 5.10 Å². The van der Waals surface area contributed by atoms with Crippen LogP contribution in [0.4, 0.5) is 4.39 Å². The molecule has 2 aromatic carbocycles. The molecule has 1 fully saturated rings. The van der Waals surface area contributed by atoms with Gasteiger partial charge in [0.05, 0.1) is 11.4 Å². The molecule has 1 aliphatic carbocycles. The van der Waals surface area contributed by atoms with Crippen molar-refractivity contribution in [2.45, 2.75) is 31.6 Å². The Morgan fingerprint density at radius 1 is 1.10 bits per heavy atom. The van der Waals surface area contributed by atoms with Crippen molar-refractivity contribution in [1.82, 2.24) is 14.7 Å². The highest BCUT2D eigenvalue weighted by molar-refractivity contribution is 5.94. The monoisotopic (exact) mass is 389 g/mol. The molecule has 0 bridgehead atoms. The third-order valence-electron chi connectivity index (χ3n) is 6.28. The molecule has 0 radical (unpaired) electrons. The van der Waals surface area contributed by atoms with Crippen LogP contribution in [-0.4, -0.2) is 33.7 Å². The molecule has 1 unspecified atom stereocenters. The number of nitrogens with zero attached hydrogens (tertiary/aromatic N) is 3. The Hall–Kier alpha value is -2.95. The maximum absolute atomic E-state index is 13.2. The summed E-state index contributed by atoms with van der Waals surface area (Å²) in [5, 5.41) is 4.92. The smallest absolute Gasteiger partial charge is 0.253 e. The second-order valence-electron chi connectivity index (χ2n) is 8.09. The molecule has 1 aliphatic heterocycles. The van der Waals surface area contributed by atoms with Gasteiger partial charge in [0.25, 0.3) is 5.91 Å². The molecule has 2 heterocycles. The summed E-state index contributed by atoms with van der Waals surface area (Å²) in [5.41, 5.74) is 6.92. The van der Waals surface area contributed by atoms with E-state index >= 15 is 0 Å². The number of aromatic nitrogens is 2. The maximum Gasteiger partial charge on any atom is 0.253 e. The number of hydrogen-bond donors (Lipinski definition) is 0. The van der Waals surface area contributed by atoms with Crippen LogP contribution in [-0.2, 0) is 19.9 Å². The highest BCUT2D eigenvalue weighted by Gasteiger charge is 2.32. The van der Waals surface area contributed by atoms with Crippen LogP contribution in [0.25, 0.3) is 11.3 Å². The maximum atomic E-state index is 13.2. The summed E-state index contributed by atoms with van der Waals surface area (Å²) in [4.78, 5) is 14.8. The second kappa shape index (κ2) is 7.14. The molecule has 3 aromatic rings. The van der Waals surface area contributed by atoms with Gasteiger partial charge in [0, 0.05) is 42.7 Å². The number of piperidine rings is 1. The van der Waals surface area contributed by atoms with E-state index in [9.17, 15) is 9.18 Å². The zero-order valence-corrected chi connectivity index (χ0v) is 16.6. The Bertz CT molecular complexity index is 1070. The fourth-order valence-electron chi connectivity index (χ4n) is 4.89. The lowest BCUT2D eigenvalue weighted by Crippen LogP contribution is -2.39. The molecule has 2 aliphatic rings. The minimum Gasteiger partial charge on any atom is -0.338 e. The van der Waals surface area contributed by atoms with Crippen molar-refractivity contribution in [2.75, 3.05) is 13.1 Å². The first kappa shape index (κ1) is 18.1. The van der Waals surface area contributed by atoms with E-state index in [1.807, 2.05) is 16.6 Å². The number of likely N-dealkylation sites (tertiary alicyclic amines) is 1. The first-order chi connectivity index (χ1) is 14.1.